The Hall–Kier alpha value is -3.67. The SMILES string of the molecule is COC(=O)Cn1c(C(=O)N(CC(C)C)C2CC(C(=O)N3CCOCC3)CN(C(=O)OC(C)(C)C)C2)nc2ccccc21. The first-order chi connectivity index (χ1) is 19.9. The molecule has 0 saturated carbocycles. The van der Waals surface area contributed by atoms with Crippen LogP contribution in [0.2, 0.25) is 0 Å². The maximum absolute atomic E-state index is 14.4. The summed E-state index contributed by atoms with van der Waals surface area (Å²) in [5.74, 6) is -1.28. The summed E-state index contributed by atoms with van der Waals surface area (Å²) in [6, 6.07) is 6.74. The summed E-state index contributed by atoms with van der Waals surface area (Å²) in [7, 11) is 1.30. The van der Waals surface area contributed by atoms with E-state index in [1.807, 2.05) is 26.0 Å². The van der Waals surface area contributed by atoms with Gasteiger partial charge in [-0.2, -0.15) is 0 Å². The van der Waals surface area contributed by atoms with Crippen LogP contribution >= 0.6 is 0 Å². The summed E-state index contributed by atoms with van der Waals surface area (Å²) in [4.78, 5) is 63.3. The molecule has 0 bridgehead atoms. The number of esters is 1. The second kappa shape index (κ2) is 13.1. The molecule has 12 nitrogen and oxygen atoms in total. The molecule has 2 aliphatic rings. The summed E-state index contributed by atoms with van der Waals surface area (Å²) < 4.78 is 17.6. The zero-order valence-electron chi connectivity index (χ0n) is 25.5. The molecule has 42 heavy (non-hydrogen) atoms. The smallest absolute Gasteiger partial charge is 0.410 e. The summed E-state index contributed by atoms with van der Waals surface area (Å²) in [5, 5.41) is 0. The van der Waals surface area contributed by atoms with E-state index in [4.69, 9.17) is 14.2 Å². The Morgan fingerprint density at radius 3 is 2.40 bits per heavy atom. The Balaban J connectivity index is 1.71. The number of carbonyl (C=O) groups excluding carboxylic acids is 4. The summed E-state index contributed by atoms with van der Waals surface area (Å²) in [5.41, 5.74) is 0.490. The zero-order chi connectivity index (χ0) is 30.6. The fraction of sp³-hybridized carbons (Fsp3) is 0.633. The Morgan fingerprint density at radius 2 is 1.76 bits per heavy atom. The van der Waals surface area contributed by atoms with Crippen molar-refractivity contribution in [1.29, 1.82) is 0 Å². The van der Waals surface area contributed by atoms with Crippen molar-refractivity contribution >= 4 is 34.9 Å². The van der Waals surface area contributed by atoms with Crippen LogP contribution in [-0.2, 0) is 30.3 Å². The molecule has 12 heteroatoms. The van der Waals surface area contributed by atoms with Crippen LogP contribution in [0.3, 0.4) is 0 Å². The van der Waals surface area contributed by atoms with Crippen molar-refractivity contribution in [1.82, 2.24) is 24.3 Å². The van der Waals surface area contributed by atoms with Gasteiger partial charge in [0.05, 0.1) is 43.3 Å². The van der Waals surface area contributed by atoms with E-state index >= 15 is 0 Å². The van der Waals surface area contributed by atoms with Gasteiger partial charge >= 0.3 is 12.1 Å². The summed E-state index contributed by atoms with van der Waals surface area (Å²) in [6.45, 7) is 11.9. The number of rotatable bonds is 7. The number of imidazole rings is 1. The minimum absolute atomic E-state index is 0.0635. The minimum atomic E-state index is -0.722. The van der Waals surface area contributed by atoms with Gasteiger partial charge in [0.15, 0.2) is 0 Å². The lowest BCUT2D eigenvalue weighted by molar-refractivity contribution is -0.142. The van der Waals surface area contributed by atoms with Crippen LogP contribution in [0.25, 0.3) is 11.0 Å². The number of nitrogens with zero attached hydrogens (tertiary/aromatic N) is 5. The predicted molar refractivity (Wildman–Crippen MR) is 155 cm³/mol. The summed E-state index contributed by atoms with van der Waals surface area (Å²) in [6.07, 6.45) is -0.146. The molecule has 2 aromatic rings. The third-order valence-electron chi connectivity index (χ3n) is 7.38. The summed E-state index contributed by atoms with van der Waals surface area (Å²) >= 11 is 0. The number of piperidine rings is 1. The van der Waals surface area contributed by atoms with Gasteiger partial charge in [-0.15, -0.1) is 0 Å². The van der Waals surface area contributed by atoms with Gasteiger partial charge in [-0.05, 0) is 45.2 Å². The molecule has 0 N–H and O–H groups in total. The van der Waals surface area contributed by atoms with Crippen molar-refractivity contribution in [3.8, 4) is 0 Å². The molecule has 1 aromatic heterocycles. The van der Waals surface area contributed by atoms with Gasteiger partial charge in [0.2, 0.25) is 11.7 Å². The van der Waals surface area contributed by atoms with Crippen molar-refractivity contribution in [2.75, 3.05) is 53.0 Å². The van der Waals surface area contributed by atoms with Crippen LogP contribution in [0, 0.1) is 11.8 Å². The second-order valence-corrected chi connectivity index (χ2v) is 12.3. The number of aromatic nitrogens is 2. The highest BCUT2D eigenvalue weighted by Crippen LogP contribution is 2.28. The van der Waals surface area contributed by atoms with Gasteiger partial charge in [0.1, 0.15) is 12.1 Å². The largest absolute Gasteiger partial charge is 0.468 e. The maximum atomic E-state index is 14.4. The number of fused-ring (bicyclic) bond motifs is 1. The molecule has 2 fully saturated rings. The Kier molecular flexibility index (Phi) is 9.75. The van der Waals surface area contributed by atoms with E-state index in [1.54, 1.807) is 52.2 Å². The van der Waals surface area contributed by atoms with Crippen molar-refractivity contribution < 1.29 is 33.4 Å². The average molecular weight is 586 g/mol. The molecule has 0 aliphatic carbocycles. The first-order valence-corrected chi connectivity index (χ1v) is 14.6. The zero-order valence-corrected chi connectivity index (χ0v) is 25.5. The number of para-hydroxylation sites is 2. The van der Waals surface area contributed by atoms with Crippen LogP contribution in [0.4, 0.5) is 4.79 Å². The van der Waals surface area contributed by atoms with Gasteiger partial charge in [0, 0.05) is 32.7 Å². The molecular formula is C30H43N5O7. The lowest BCUT2D eigenvalue weighted by Crippen LogP contribution is -2.58. The van der Waals surface area contributed by atoms with E-state index in [-0.39, 0.29) is 43.2 Å². The van der Waals surface area contributed by atoms with E-state index in [1.165, 1.54) is 7.11 Å². The van der Waals surface area contributed by atoms with Crippen LogP contribution in [-0.4, -0.2) is 113 Å². The number of carbonyl (C=O) groups is 4. The maximum Gasteiger partial charge on any atom is 0.410 e. The van der Waals surface area contributed by atoms with Crippen molar-refractivity contribution in [2.45, 2.75) is 59.2 Å². The molecule has 230 valence electrons. The highest BCUT2D eigenvalue weighted by molar-refractivity contribution is 5.96. The molecule has 0 radical (unpaired) electrons. The third-order valence-corrected chi connectivity index (χ3v) is 7.38. The van der Waals surface area contributed by atoms with E-state index in [0.717, 1.165) is 0 Å². The number of hydrogen-bond donors (Lipinski definition) is 0. The number of morpholine rings is 1. The number of likely N-dealkylation sites (tertiary alicyclic amines) is 1. The van der Waals surface area contributed by atoms with Gasteiger partial charge in [0.25, 0.3) is 5.91 Å². The van der Waals surface area contributed by atoms with Gasteiger partial charge in [-0.3, -0.25) is 14.4 Å². The fourth-order valence-corrected chi connectivity index (χ4v) is 5.51. The van der Waals surface area contributed by atoms with E-state index in [9.17, 15) is 19.2 Å². The fourth-order valence-electron chi connectivity index (χ4n) is 5.51. The second-order valence-electron chi connectivity index (χ2n) is 12.3. The van der Waals surface area contributed by atoms with Gasteiger partial charge in [-0.25, -0.2) is 9.78 Å². The topological polar surface area (TPSA) is 124 Å². The van der Waals surface area contributed by atoms with E-state index < -0.39 is 29.6 Å². The average Bonchev–Trinajstić information content (AvgIpc) is 3.32. The number of methoxy groups -OCH3 is 1. The molecular weight excluding hydrogens is 542 g/mol. The number of ether oxygens (including phenoxy) is 3. The number of amides is 3. The lowest BCUT2D eigenvalue weighted by atomic mass is 9.91. The normalized spacial score (nSPS) is 19.6. The first-order valence-electron chi connectivity index (χ1n) is 14.6. The minimum Gasteiger partial charge on any atom is -0.468 e. The Morgan fingerprint density at radius 1 is 1.07 bits per heavy atom. The molecule has 2 aliphatic heterocycles. The van der Waals surface area contributed by atoms with Crippen LogP contribution in [0.15, 0.2) is 24.3 Å². The highest BCUT2D eigenvalue weighted by Gasteiger charge is 2.42. The van der Waals surface area contributed by atoms with E-state index in [2.05, 4.69) is 4.98 Å². The Labute approximate surface area is 246 Å². The predicted octanol–water partition coefficient (Wildman–Crippen LogP) is 2.79. The highest BCUT2D eigenvalue weighted by atomic mass is 16.6. The third kappa shape index (κ3) is 7.39. The van der Waals surface area contributed by atoms with Gasteiger partial charge < -0.3 is 33.5 Å². The molecule has 2 atom stereocenters. The molecule has 0 spiro atoms. The van der Waals surface area contributed by atoms with Crippen LogP contribution in [0.5, 0.6) is 0 Å². The lowest BCUT2D eigenvalue weighted by Gasteiger charge is -2.44. The van der Waals surface area contributed by atoms with Crippen LogP contribution in [0.1, 0.15) is 51.7 Å². The van der Waals surface area contributed by atoms with Crippen molar-refractivity contribution in [3.05, 3.63) is 30.1 Å². The molecule has 3 amide bonds. The molecule has 2 unspecified atom stereocenters. The molecule has 1 aromatic carbocycles. The first kappa shape index (κ1) is 31.3. The van der Waals surface area contributed by atoms with Crippen molar-refractivity contribution in [3.63, 3.8) is 0 Å². The standard InChI is InChI=1S/C30H43N5O7/c1-20(2)16-34(28(38)26-31-23-9-7-8-10-24(23)35(26)19-25(36)40-6)22-15-21(27(37)32-11-13-41-14-12-32)17-33(18-22)29(39)42-30(3,4)5/h7-10,20-22H,11-19H2,1-6H3. The molecule has 3 heterocycles. The van der Waals surface area contributed by atoms with Gasteiger partial charge in [-0.1, -0.05) is 26.0 Å². The number of benzene rings is 1. The van der Waals surface area contributed by atoms with Crippen molar-refractivity contribution in [2.24, 2.45) is 11.8 Å². The monoisotopic (exact) mass is 585 g/mol. The molecule has 2 saturated heterocycles. The quantitative estimate of drug-likeness (QED) is 0.455. The molecule has 4 rings (SSSR count). The van der Waals surface area contributed by atoms with E-state index in [0.29, 0.717) is 50.3 Å². The van der Waals surface area contributed by atoms with Crippen LogP contribution < -0.4 is 0 Å². The Bertz CT molecular complexity index is 1290. The number of hydrogen-bond acceptors (Lipinski definition) is 8.